The minimum atomic E-state index is -1.16. The van der Waals surface area contributed by atoms with Crippen LogP contribution in [-0.2, 0) is 4.79 Å². The molecule has 1 saturated carbocycles. The Bertz CT molecular complexity index is 722. The van der Waals surface area contributed by atoms with Crippen molar-refractivity contribution in [1.29, 1.82) is 0 Å². The van der Waals surface area contributed by atoms with Crippen LogP contribution in [0.15, 0.2) is 48.7 Å². The van der Waals surface area contributed by atoms with E-state index >= 15 is 0 Å². The molecule has 0 spiro atoms. The molecule has 0 aliphatic heterocycles. The van der Waals surface area contributed by atoms with E-state index in [-0.39, 0.29) is 0 Å². The fourth-order valence-electron chi connectivity index (χ4n) is 2.84. The average Bonchev–Trinajstić information content (AvgIpc) is 3.06. The number of aromatic nitrogens is 1. The number of carboxylic acids is 1. The molecule has 124 valence electrons. The third-order valence-electron chi connectivity index (χ3n) is 4.18. The number of para-hydroxylation sites is 1. The van der Waals surface area contributed by atoms with Gasteiger partial charge in [0.05, 0.1) is 5.56 Å². The Morgan fingerprint density at radius 2 is 1.79 bits per heavy atom. The summed E-state index contributed by atoms with van der Waals surface area (Å²) in [5, 5.41) is 12.1. The van der Waals surface area contributed by atoms with Crippen molar-refractivity contribution in [2.45, 2.75) is 31.2 Å². The fraction of sp³-hybridized carbons (Fsp3) is 0.278. The molecular weight excluding hydrogens is 308 g/mol. The predicted molar refractivity (Wildman–Crippen MR) is 87.1 cm³/mol. The zero-order chi connectivity index (χ0) is 17.0. The number of pyridine rings is 1. The molecule has 6 heteroatoms. The molecule has 1 amide bonds. The van der Waals surface area contributed by atoms with Crippen LogP contribution in [0.1, 0.15) is 36.0 Å². The molecular formula is C18H18N2O4. The number of rotatable bonds is 5. The highest BCUT2D eigenvalue weighted by Crippen LogP contribution is 2.30. The zero-order valence-corrected chi connectivity index (χ0v) is 13.1. The van der Waals surface area contributed by atoms with Gasteiger partial charge in [0.25, 0.3) is 5.91 Å². The number of carbonyl (C=O) groups excluding carboxylic acids is 1. The van der Waals surface area contributed by atoms with Crippen molar-refractivity contribution in [3.63, 3.8) is 0 Å². The molecule has 1 fully saturated rings. The van der Waals surface area contributed by atoms with Crippen LogP contribution in [0.4, 0.5) is 0 Å². The van der Waals surface area contributed by atoms with Gasteiger partial charge in [-0.05, 0) is 31.0 Å². The lowest BCUT2D eigenvalue weighted by molar-refractivity contribution is -0.144. The lowest BCUT2D eigenvalue weighted by Crippen LogP contribution is -2.52. The first-order valence-corrected chi connectivity index (χ1v) is 7.84. The van der Waals surface area contributed by atoms with Crippen LogP contribution < -0.4 is 10.1 Å². The van der Waals surface area contributed by atoms with E-state index in [0.717, 1.165) is 12.8 Å². The van der Waals surface area contributed by atoms with Gasteiger partial charge in [0.15, 0.2) is 0 Å². The Hall–Kier alpha value is -2.89. The summed E-state index contributed by atoms with van der Waals surface area (Å²) in [6.45, 7) is 0. The Kier molecular flexibility index (Phi) is 4.46. The third-order valence-corrected chi connectivity index (χ3v) is 4.18. The molecule has 2 N–H and O–H groups in total. The van der Waals surface area contributed by atoms with Crippen molar-refractivity contribution in [3.8, 4) is 11.6 Å². The summed E-state index contributed by atoms with van der Waals surface area (Å²) in [6, 6.07) is 12.4. The van der Waals surface area contributed by atoms with Gasteiger partial charge >= 0.3 is 5.97 Å². The number of hydrogen-bond acceptors (Lipinski definition) is 4. The molecule has 0 saturated heterocycles. The summed E-state index contributed by atoms with van der Waals surface area (Å²) < 4.78 is 5.57. The second-order valence-corrected chi connectivity index (χ2v) is 5.85. The summed E-state index contributed by atoms with van der Waals surface area (Å²) in [5.41, 5.74) is -0.848. The predicted octanol–water partition coefficient (Wildman–Crippen LogP) is 3.00. The molecule has 24 heavy (non-hydrogen) atoms. The lowest BCUT2D eigenvalue weighted by atomic mass is 9.97. The largest absolute Gasteiger partial charge is 0.480 e. The monoisotopic (exact) mass is 326 g/mol. The van der Waals surface area contributed by atoms with Crippen molar-refractivity contribution in [2.75, 3.05) is 0 Å². The van der Waals surface area contributed by atoms with Crippen LogP contribution in [0.2, 0.25) is 0 Å². The van der Waals surface area contributed by atoms with Gasteiger partial charge in [-0.3, -0.25) is 4.79 Å². The van der Waals surface area contributed by atoms with E-state index in [4.69, 9.17) is 4.74 Å². The van der Waals surface area contributed by atoms with Gasteiger partial charge in [0.1, 0.15) is 11.3 Å². The molecule has 1 aliphatic rings. The maximum Gasteiger partial charge on any atom is 0.329 e. The molecule has 6 nitrogen and oxygen atoms in total. The molecule has 0 radical (unpaired) electrons. The number of nitrogens with one attached hydrogen (secondary N) is 1. The molecule has 0 bridgehead atoms. The Morgan fingerprint density at radius 3 is 2.38 bits per heavy atom. The maximum absolute atomic E-state index is 12.3. The van der Waals surface area contributed by atoms with Crippen LogP contribution in [0, 0.1) is 0 Å². The van der Waals surface area contributed by atoms with E-state index < -0.39 is 17.4 Å². The fourth-order valence-corrected chi connectivity index (χ4v) is 2.84. The number of hydrogen-bond donors (Lipinski definition) is 2. The van der Waals surface area contributed by atoms with Crippen molar-refractivity contribution < 1.29 is 19.4 Å². The summed E-state index contributed by atoms with van der Waals surface area (Å²) in [6.07, 6.45) is 3.90. The standard InChI is InChI=1S/C18H18N2O4/c21-16(20-18(17(22)23)10-4-5-11-18)13-8-9-15(19-12-13)24-14-6-2-1-3-7-14/h1-3,6-9,12H,4-5,10-11H2,(H,20,21)(H,22,23). The van der Waals surface area contributed by atoms with Gasteiger partial charge in [-0.15, -0.1) is 0 Å². The molecule has 1 aromatic heterocycles. The Morgan fingerprint density at radius 1 is 1.08 bits per heavy atom. The van der Waals surface area contributed by atoms with Crippen molar-refractivity contribution >= 4 is 11.9 Å². The first-order chi connectivity index (χ1) is 11.6. The smallest absolute Gasteiger partial charge is 0.329 e. The lowest BCUT2D eigenvalue weighted by Gasteiger charge is -2.25. The van der Waals surface area contributed by atoms with Gasteiger partial charge in [-0.25, -0.2) is 9.78 Å². The van der Waals surface area contributed by atoms with E-state index in [9.17, 15) is 14.7 Å². The highest BCUT2D eigenvalue weighted by molar-refractivity contribution is 5.97. The van der Waals surface area contributed by atoms with Crippen LogP contribution in [0.5, 0.6) is 11.6 Å². The Balaban J connectivity index is 1.69. The van der Waals surface area contributed by atoms with Gasteiger partial charge in [-0.1, -0.05) is 31.0 Å². The molecule has 1 aliphatic carbocycles. The SMILES string of the molecule is O=C(NC1(C(=O)O)CCCC1)c1ccc(Oc2ccccc2)nc1. The summed E-state index contributed by atoms with van der Waals surface area (Å²) in [4.78, 5) is 27.9. The topological polar surface area (TPSA) is 88.5 Å². The van der Waals surface area contributed by atoms with E-state index in [1.165, 1.54) is 6.20 Å². The highest BCUT2D eigenvalue weighted by Gasteiger charge is 2.42. The van der Waals surface area contributed by atoms with E-state index in [0.29, 0.717) is 30.0 Å². The highest BCUT2D eigenvalue weighted by atomic mass is 16.5. The summed E-state index contributed by atoms with van der Waals surface area (Å²) in [7, 11) is 0. The van der Waals surface area contributed by atoms with Gasteiger partial charge in [-0.2, -0.15) is 0 Å². The summed E-state index contributed by atoms with van der Waals surface area (Å²) >= 11 is 0. The van der Waals surface area contributed by atoms with Gasteiger partial charge < -0.3 is 15.2 Å². The minimum absolute atomic E-state index is 0.308. The second kappa shape index (κ2) is 6.70. The Labute approximate surface area is 139 Å². The second-order valence-electron chi connectivity index (χ2n) is 5.85. The quantitative estimate of drug-likeness (QED) is 0.882. The van der Waals surface area contributed by atoms with E-state index in [1.807, 2.05) is 18.2 Å². The number of ether oxygens (including phenoxy) is 1. The van der Waals surface area contributed by atoms with Gasteiger partial charge in [0.2, 0.25) is 5.88 Å². The number of benzene rings is 1. The average molecular weight is 326 g/mol. The zero-order valence-electron chi connectivity index (χ0n) is 13.1. The molecule has 3 rings (SSSR count). The maximum atomic E-state index is 12.3. The van der Waals surface area contributed by atoms with Gasteiger partial charge in [0, 0.05) is 12.3 Å². The van der Waals surface area contributed by atoms with E-state index in [1.54, 1.807) is 24.3 Å². The van der Waals surface area contributed by atoms with Crippen LogP contribution in [0.3, 0.4) is 0 Å². The summed E-state index contributed by atoms with van der Waals surface area (Å²) in [5.74, 6) is -0.395. The van der Waals surface area contributed by atoms with Crippen LogP contribution in [-0.4, -0.2) is 27.5 Å². The number of carbonyl (C=O) groups is 2. The first-order valence-electron chi connectivity index (χ1n) is 7.84. The van der Waals surface area contributed by atoms with Crippen LogP contribution in [0.25, 0.3) is 0 Å². The number of aliphatic carboxylic acids is 1. The molecule has 1 aromatic carbocycles. The minimum Gasteiger partial charge on any atom is -0.480 e. The van der Waals surface area contributed by atoms with Crippen molar-refractivity contribution in [3.05, 3.63) is 54.2 Å². The third kappa shape index (κ3) is 3.37. The molecule has 0 atom stereocenters. The normalized spacial score (nSPS) is 15.7. The van der Waals surface area contributed by atoms with Crippen molar-refractivity contribution in [1.82, 2.24) is 10.3 Å². The van der Waals surface area contributed by atoms with Crippen LogP contribution >= 0.6 is 0 Å². The van der Waals surface area contributed by atoms with Crippen molar-refractivity contribution in [2.24, 2.45) is 0 Å². The first kappa shape index (κ1) is 16.0. The molecule has 1 heterocycles. The number of nitrogens with zero attached hydrogens (tertiary/aromatic N) is 1. The molecule has 0 unspecified atom stereocenters. The number of carboxylic acid groups (broad SMARTS) is 1. The molecule has 2 aromatic rings. The van der Waals surface area contributed by atoms with E-state index in [2.05, 4.69) is 10.3 Å². The number of amides is 1.